The maximum atomic E-state index is 4.60. The van der Waals surface area contributed by atoms with E-state index in [4.69, 9.17) is 0 Å². The molecule has 0 spiro atoms. The molecule has 0 radical (unpaired) electrons. The van der Waals surface area contributed by atoms with Gasteiger partial charge in [0.2, 0.25) is 0 Å². The average molecular weight is 240 g/mol. The number of rotatable bonds is 2. The van der Waals surface area contributed by atoms with Gasteiger partial charge in [0.1, 0.15) is 0 Å². The standard InChI is InChI=1S/C12H12N6/c1-7(2)10-6-13-11-8(12-15-17-18-16-12)4-3-5-9(11)14-10/h3-7H,1-2H3,(H,15,16,17,18). The van der Waals surface area contributed by atoms with Crippen molar-refractivity contribution in [2.45, 2.75) is 19.8 Å². The Kier molecular flexibility index (Phi) is 2.47. The predicted molar refractivity (Wildman–Crippen MR) is 66.8 cm³/mol. The zero-order valence-corrected chi connectivity index (χ0v) is 10.1. The first-order chi connectivity index (χ1) is 8.75. The van der Waals surface area contributed by atoms with E-state index >= 15 is 0 Å². The number of nitrogens with zero attached hydrogens (tertiary/aromatic N) is 5. The molecule has 0 saturated heterocycles. The lowest BCUT2D eigenvalue weighted by Crippen LogP contribution is -1.96. The molecule has 0 amide bonds. The van der Waals surface area contributed by atoms with Gasteiger partial charge in [-0.25, -0.2) is 10.1 Å². The molecule has 90 valence electrons. The van der Waals surface area contributed by atoms with E-state index in [9.17, 15) is 0 Å². The van der Waals surface area contributed by atoms with E-state index in [1.165, 1.54) is 0 Å². The van der Waals surface area contributed by atoms with Crippen LogP contribution >= 0.6 is 0 Å². The van der Waals surface area contributed by atoms with Crippen LogP contribution in [0.3, 0.4) is 0 Å². The number of tetrazole rings is 1. The van der Waals surface area contributed by atoms with Crippen molar-refractivity contribution in [3.8, 4) is 11.4 Å². The van der Waals surface area contributed by atoms with Crippen molar-refractivity contribution in [3.63, 3.8) is 0 Å². The van der Waals surface area contributed by atoms with E-state index in [1.807, 2.05) is 18.2 Å². The molecule has 0 aliphatic heterocycles. The number of fused-ring (bicyclic) bond motifs is 1. The molecule has 0 unspecified atom stereocenters. The third-order valence-electron chi connectivity index (χ3n) is 2.78. The van der Waals surface area contributed by atoms with Gasteiger partial charge in [-0.15, -0.1) is 5.10 Å². The summed E-state index contributed by atoms with van der Waals surface area (Å²) in [6.07, 6.45) is 1.81. The Balaban J connectivity index is 2.23. The molecule has 3 aromatic rings. The molecule has 0 atom stereocenters. The number of aromatic nitrogens is 6. The Labute approximate surface area is 103 Å². The number of hydrogen-bond acceptors (Lipinski definition) is 5. The van der Waals surface area contributed by atoms with Crippen molar-refractivity contribution in [1.82, 2.24) is 30.6 Å². The molecule has 1 N–H and O–H groups in total. The van der Waals surface area contributed by atoms with Crippen LogP contribution in [0.5, 0.6) is 0 Å². The summed E-state index contributed by atoms with van der Waals surface area (Å²) >= 11 is 0. The molecule has 6 heteroatoms. The van der Waals surface area contributed by atoms with Crippen molar-refractivity contribution in [3.05, 3.63) is 30.1 Å². The second-order valence-corrected chi connectivity index (χ2v) is 4.37. The topological polar surface area (TPSA) is 80.2 Å². The summed E-state index contributed by atoms with van der Waals surface area (Å²) in [6, 6.07) is 5.80. The van der Waals surface area contributed by atoms with E-state index in [-0.39, 0.29) is 0 Å². The third-order valence-corrected chi connectivity index (χ3v) is 2.78. The highest BCUT2D eigenvalue weighted by molar-refractivity contribution is 5.89. The van der Waals surface area contributed by atoms with Crippen molar-refractivity contribution in [2.75, 3.05) is 0 Å². The SMILES string of the molecule is CC(C)c1cnc2c(-c3nnn[nH]3)cccc2n1. The van der Waals surface area contributed by atoms with Crippen LogP contribution in [0, 0.1) is 0 Å². The molecule has 6 nitrogen and oxygen atoms in total. The maximum Gasteiger partial charge on any atom is 0.181 e. The Hall–Kier alpha value is -2.37. The Bertz CT molecular complexity index is 674. The smallest absolute Gasteiger partial charge is 0.181 e. The fourth-order valence-corrected chi connectivity index (χ4v) is 1.80. The molecular formula is C12H12N6. The molecule has 18 heavy (non-hydrogen) atoms. The third kappa shape index (κ3) is 1.71. The zero-order valence-electron chi connectivity index (χ0n) is 10.1. The maximum absolute atomic E-state index is 4.60. The van der Waals surface area contributed by atoms with Gasteiger partial charge in [0.25, 0.3) is 0 Å². The Morgan fingerprint density at radius 3 is 2.83 bits per heavy atom. The lowest BCUT2D eigenvalue weighted by Gasteiger charge is -2.06. The highest BCUT2D eigenvalue weighted by Crippen LogP contribution is 2.23. The predicted octanol–water partition coefficient (Wildman–Crippen LogP) is 1.93. The van der Waals surface area contributed by atoms with E-state index in [1.54, 1.807) is 6.20 Å². The fraction of sp³-hybridized carbons (Fsp3) is 0.250. The molecule has 2 heterocycles. The molecule has 0 fully saturated rings. The zero-order chi connectivity index (χ0) is 12.5. The van der Waals surface area contributed by atoms with Gasteiger partial charge in [0.15, 0.2) is 5.82 Å². The first kappa shape index (κ1) is 10.8. The van der Waals surface area contributed by atoms with E-state index in [0.29, 0.717) is 11.7 Å². The number of aromatic amines is 1. The highest BCUT2D eigenvalue weighted by atomic mass is 15.5. The number of para-hydroxylation sites is 1. The number of H-pyrrole nitrogens is 1. The minimum absolute atomic E-state index is 0.359. The van der Waals surface area contributed by atoms with Crippen LogP contribution in [0.25, 0.3) is 22.4 Å². The number of nitrogens with one attached hydrogen (secondary N) is 1. The fourth-order valence-electron chi connectivity index (χ4n) is 1.80. The second-order valence-electron chi connectivity index (χ2n) is 4.37. The van der Waals surface area contributed by atoms with Crippen LogP contribution in [0.1, 0.15) is 25.5 Å². The van der Waals surface area contributed by atoms with Gasteiger partial charge < -0.3 is 0 Å². The van der Waals surface area contributed by atoms with E-state index < -0.39 is 0 Å². The van der Waals surface area contributed by atoms with Crippen molar-refractivity contribution in [2.24, 2.45) is 0 Å². The van der Waals surface area contributed by atoms with Gasteiger partial charge in [0.05, 0.1) is 16.7 Å². The average Bonchev–Trinajstić information content (AvgIpc) is 2.91. The molecule has 0 aliphatic carbocycles. The van der Waals surface area contributed by atoms with Crippen LogP contribution < -0.4 is 0 Å². The molecule has 0 bridgehead atoms. The van der Waals surface area contributed by atoms with Gasteiger partial charge in [-0.05, 0) is 28.5 Å². The van der Waals surface area contributed by atoms with Crippen LogP contribution in [0.15, 0.2) is 24.4 Å². The lowest BCUT2D eigenvalue weighted by molar-refractivity contribution is 0.822. The monoisotopic (exact) mass is 240 g/mol. The molecule has 3 rings (SSSR count). The van der Waals surface area contributed by atoms with Gasteiger partial charge in [0, 0.05) is 11.8 Å². The second kappa shape index (κ2) is 4.14. The largest absolute Gasteiger partial charge is 0.252 e. The van der Waals surface area contributed by atoms with Crippen LogP contribution in [-0.4, -0.2) is 30.6 Å². The van der Waals surface area contributed by atoms with Crippen molar-refractivity contribution < 1.29 is 0 Å². The van der Waals surface area contributed by atoms with Crippen LogP contribution in [0.4, 0.5) is 0 Å². The van der Waals surface area contributed by atoms with Crippen LogP contribution in [-0.2, 0) is 0 Å². The minimum Gasteiger partial charge on any atom is -0.252 e. The summed E-state index contributed by atoms with van der Waals surface area (Å²) in [4.78, 5) is 9.08. The van der Waals surface area contributed by atoms with Crippen molar-refractivity contribution in [1.29, 1.82) is 0 Å². The van der Waals surface area contributed by atoms with Gasteiger partial charge in [-0.3, -0.25) is 4.98 Å². The summed E-state index contributed by atoms with van der Waals surface area (Å²) in [5.74, 6) is 0.963. The highest BCUT2D eigenvalue weighted by Gasteiger charge is 2.10. The normalized spacial score (nSPS) is 11.3. The Morgan fingerprint density at radius 2 is 2.11 bits per heavy atom. The Morgan fingerprint density at radius 1 is 1.22 bits per heavy atom. The molecular weight excluding hydrogens is 228 g/mol. The summed E-state index contributed by atoms with van der Waals surface area (Å²) in [6.45, 7) is 4.19. The molecule has 1 aromatic carbocycles. The number of benzene rings is 1. The van der Waals surface area contributed by atoms with Gasteiger partial charge in [-0.1, -0.05) is 19.9 Å². The summed E-state index contributed by atoms with van der Waals surface area (Å²) in [5, 5.41) is 13.8. The summed E-state index contributed by atoms with van der Waals surface area (Å²) in [5.41, 5.74) is 3.51. The van der Waals surface area contributed by atoms with Crippen LogP contribution in [0.2, 0.25) is 0 Å². The van der Waals surface area contributed by atoms with E-state index in [2.05, 4.69) is 44.4 Å². The first-order valence-electron chi connectivity index (χ1n) is 5.75. The molecule has 0 saturated carbocycles. The van der Waals surface area contributed by atoms with E-state index in [0.717, 1.165) is 22.3 Å². The quantitative estimate of drug-likeness (QED) is 0.740. The lowest BCUT2D eigenvalue weighted by atomic mass is 10.1. The van der Waals surface area contributed by atoms with Gasteiger partial charge >= 0.3 is 0 Å². The summed E-state index contributed by atoms with van der Waals surface area (Å²) in [7, 11) is 0. The van der Waals surface area contributed by atoms with Gasteiger partial charge in [-0.2, -0.15) is 0 Å². The van der Waals surface area contributed by atoms with Crippen molar-refractivity contribution >= 4 is 11.0 Å². The first-order valence-corrected chi connectivity index (χ1v) is 5.75. The molecule has 2 aromatic heterocycles. The molecule has 0 aliphatic rings. The number of hydrogen-bond donors (Lipinski definition) is 1. The minimum atomic E-state index is 0.359. The summed E-state index contributed by atoms with van der Waals surface area (Å²) < 4.78 is 0.